The predicted octanol–water partition coefficient (Wildman–Crippen LogP) is 2.58. The molecule has 1 amide bonds. The quantitative estimate of drug-likeness (QED) is 0.867. The minimum Gasteiger partial charge on any atom is -0.356 e. The number of nitrogens with zero attached hydrogens (tertiary/aromatic N) is 2. The summed E-state index contributed by atoms with van der Waals surface area (Å²) in [6, 6.07) is 0. The number of nitrogens with one attached hydrogen (secondary N) is 1. The molecule has 0 unspecified atom stereocenters. The van der Waals surface area contributed by atoms with Gasteiger partial charge in [-0.1, -0.05) is 24.4 Å². The van der Waals surface area contributed by atoms with Crippen molar-refractivity contribution in [2.45, 2.75) is 63.7 Å². The number of carbonyl (C=O) groups is 1. The van der Waals surface area contributed by atoms with E-state index in [1.54, 1.807) is 0 Å². The van der Waals surface area contributed by atoms with Crippen molar-refractivity contribution in [1.29, 1.82) is 0 Å². The lowest BCUT2D eigenvalue weighted by molar-refractivity contribution is -0.122. The van der Waals surface area contributed by atoms with Gasteiger partial charge in [-0.3, -0.25) is 4.79 Å². The third-order valence-corrected chi connectivity index (χ3v) is 4.28. The number of amides is 1. The van der Waals surface area contributed by atoms with Crippen molar-refractivity contribution in [3.05, 3.63) is 11.7 Å². The molecule has 0 radical (unpaired) electrons. The lowest BCUT2D eigenvalue weighted by Gasteiger charge is -2.20. The van der Waals surface area contributed by atoms with Gasteiger partial charge >= 0.3 is 0 Å². The molecule has 1 N–H and O–H groups in total. The third-order valence-electron chi connectivity index (χ3n) is 4.28. The molecule has 1 heterocycles. The summed E-state index contributed by atoms with van der Waals surface area (Å²) in [5.41, 5.74) is 0. The summed E-state index contributed by atoms with van der Waals surface area (Å²) in [5.74, 6) is 2.74. The van der Waals surface area contributed by atoms with Crippen LogP contribution in [-0.4, -0.2) is 22.6 Å². The standard InChI is InChI=1S/C15H23N3O2/c19-14(10-11-4-2-1-3-5-11)16-9-8-13-17-15(20-18-13)12-6-7-12/h11-12H,1-10H2,(H,16,19). The molecule has 0 bridgehead atoms. The fraction of sp³-hybridized carbons (Fsp3) is 0.800. The Bertz CT molecular complexity index is 448. The van der Waals surface area contributed by atoms with Crippen LogP contribution in [0.5, 0.6) is 0 Å². The van der Waals surface area contributed by atoms with Gasteiger partial charge in [-0.15, -0.1) is 0 Å². The van der Waals surface area contributed by atoms with Crippen LogP contribution in [0.3, 0.4) is 0 Å². The Hall–Kier alpha value is -1.39. The van der Waals surface area contributed by atoms with Crippen LogP contribution >= 0.6 is 0 Å². The van der Waals surface area contributed by atoms with Crippen LogP contribution in [0.4, 0.5) is 0 Å². The van der Waals surface area contributed by atoms with E-state index in [4.69, 9.17) is 4.52 Å². The molecule has 110 valence electrons. The van der Waals surface area contributed by atoms with Gasteiger partial charge in [0, 0.05) is 25.3 Å². The molecule has 5 nitrogen and oxygen atoms in total. The highest BCUT2D eigenvalue weighted by molar-refractivity contribution is 5.76. The van der Waals surface area contributed by atoms with Gasteiger partial charge in [0.25, 0.3) is 0 Å². The molecule has 2 saturated carbocycles. The summed E-state index contributed by atoms with van der Waals surface area (Å²) < 4.78 is 5.19. The molecule has 0 saturated heterocycles. The van der Waals surface area contributed by atoms with Gasteiger partial charge < -0.3 is 9.84 Å². The molecule has 5 heteroatoms. The zero-order valence-electron chi connectivity index (χ0n) is 11.9. The predicted molar refractivity (Wildman–Crippen MR) is 74.2 cm³/mol. The summed E-state index contributed by atoms with van der Waals surface area (Å²) >= 11 is 0. The van der Waals surface area contributed by atoms with Crippen LogP contribution in [0.15, 0.2) is 4.52 Å². The normalized spacial score (nSPS) is 20.0. The van der Waals surface area contributed by atoms with E-state index in [0.717, 1.165) is 5.89 Å². The highest BCUT2D eigenvalue weighted by Crippen LogP contribution is 2.38. The summed E-state index contributed by atoms with van der Waals surface area (Å²) in [7, 11) is 0. The van der Waals surface area contributed by atoms with E-state index in [1.165, 1.54) is 44.9 Å². The first-order chi connectivity index (χ1) is 9.81. The monoisotopic (exact) mass is 277 g/mol. The maximum absolute atomic E-state index is 11.8. The van der Waals surface area contributed by atoms with E-state index >= 15 is 0 Å². The summed E-state index contributed by atoms with van der Waals surface area (Å²) in [5, 5.41) is 6.92. The van der Waals surface area contributed by atoms with Crippen LogP contribution in [0.1, 0.15) is 69.0 Å². The fourth-order valence-corrected chi connectivity index (χ4v) is 2.90. The molecule has 0 atom stereocenters. The average molecular weight is 277 g/mol. The molecule has 20 heavy (non-hydrogen) atoms. The largest absolute Gasteiger partial charge is 0.356 e. The van der Waals surface area contributed by atoms with Gasteiger partial charge in [-0.25, -0.2) is 0 Å². The van der Waals surface area contributed by atoms with Crippen molar-refractivity contribution in [1.82, 2.24) is 15.5 Å². The number of rotatable bonds is 6. The lowest BCUT2D eigenvalue weighted by Crippen LogP contribution is -2.28. The van der Waals surface area contributed by atoms with Crippen molar-refractivity contribution in [2.24, 2.45) is 5.92 Å². The maximum Gasteiger partial charge on any atom is 0.229 e. The van der Waals surface area contributed by atoms with Crippen molar-refractivity contribution >= 4 is 5.91 Å². The van der Waals surface area contributed by atoms with E-state index in [1.807, 2.05) is 0 Å². The van der Waals surface area contributed by atoms with Crippen LogP contribution in [-0.2, 0) is 11.2 Å². The van der Waals surface area contributed by atoms with Crippen molar-refractivity contribution < 1.29 is 9.32 Å². The first-order valence-electron chi connectivity index (χ1n) is 7.90. The third kappa shape index (κ3) is 3.81. The Morgan fingerprint density at radius 1 is 1.20 bits per heavy atom. The van der Waals surface area contributed by atoms with Crippen LogP contribution in [0, 0.1) is 5.92 Å². The number of carbonyl (C=O) groups excluding carboxylic acids is 1. The molecule has 2 fully saturated rings. The number of hydrogen-bond acceptors (Lipinski definition) is 4. The molecule has 0 aliphatic heterocycles. The van der Waals surface area contributed by atoms with E-state index in [9.17, 15) is 4.79 Å². The summed E-state index contributed by atoms with van der Waals surface area (Å²) in [4.78, 5) is 16.2. The highest BCUT2D eigenvalue weighted by Gasteiger charge is 2.29. The fourth-order valence-electron chi connectivity index (χ4n) is 2.90. The number of hydrogen-bond donors (Lipinski definition) is 1. The topological polar surface area (TPSA) is 68.0 Å². The average Bonchev–Trinajstić information content (AvgIpc) is 3.20. The van der Waals surface area contributed by atoms with Crippen LogP contribution < -0.4 is 5.32 Å². The Kier molecular flexibility index (Phi) is 4.33. The van der Waals surface area contributed by atoms with Gasteiger partial charge in [0.1, 0.15) is 0 Å². The zero-order valence-corrected chi connectivity index (χ0v) is 11.9. The molecular formula is C15H23N3O2. The van der Waals surface area contributed by atoms with Crippen molar-refractivity contribution in [3.8, 4) is 0 Å². The zero-order chi connectivity index (χ0) is 13.8. The molecule has 0 spiro atoms. The SMILES string of the molecule is O=C(CC1CCCCC1)NCCc1noc(C2CC2)n1. The molecule has 1 aromatic rings. The van der Waals surface area contributed by atoms with Crippen molar-refractivity contribution in [3.63, 3.8) is 0 Å². The molecule has 3 rings (SSSR count). The van der Waals surface area contributed by atoms with E-state index in [-0.39, 0.29) is 5.91 Å². The van der Waals surface area contributed by atoms with Gasteiger partial charge in [0.15, 0.2) is 5.82 Å². The summed E-state index contributed by atoms with van der Waals surface area (Å²) in [6.07, 6.45) is 9.99. The second kappa shape index (κ2) is 6.37. The Labute approximate surface area is 119 Å². The van der Waals surface area contributed by atoms with Gasteiger partial charge in [0.2, 0.25) is 11.8 Å². The molecule has 0 aromatic carbocycles. The first-order valence-corrected chi connectivity index (χ1v) is 7.90. The molecule has 1 aromatic heterocycles. The van der Waals surface area contributed by atoms with E-state index in [2.05, 4.69) is 15.5 Å². The minimum absolute atomic E-state index is 0.169. The van der Waals surface area contributed by atoms with E-state index < -0.39 is 0 Å². The maximum atomic E-state index is 11.8. The van der Waals surface area contributed by atoms with Crippen molar-refractivity contribution in [2.75, 3.05) is 6.54 Å². The first kappa shape index (κ1) is 13.6. The lowest BCUT2D eigenvalue weighted by atomic mass is 9.87. The molecule has 2 aliphatic rings. The summed E-state index contributed by atoms with van der Waals surface area (Å²) in [6.45, 7) is 0.606. The second-order valence-corrected chi connectivity index (χ2v) is 6.13. The minimum atomic E-state index is 0.169. The Balaban J connectivity index is 1.34. The van der Waals surface area contributed by atoms with Crippen LogP contribution in [0.2, 0.25) is 0 Å². The van der Waals surface area contributed by atoms with Gasteiger partial charge in [-0.2, -0.15) is 4.98 Å². The Morgan fingerprint density at radius 2 is 2.00 bits per heavy atom. The van der Waals surface area contributed by atoms with Gasteiger partial charge in [0.05, 0.1) is 0 Å². The van der Waals surface area contributed by atoms with E-state index in [0.29, 0.717) is 37.0 Å². The highest BCUT2D eigenvalue weighted by atomic mass is 16.5. The Morgan fingerprint density at radius 3 is 2.75 bits per heavy atom. The molecule has 2 aliphatic carbocycles. The molecular weight excluding hydrogens is 254 g/mol. The second-order valence-electron chi connectivity index (χ2n) is 6.13. The van der Waals surface area contributed by atoms with Crippen LogP contribution in [0.25, 0.3) is 0 Å². The number of aromatic nitrogens is 2. The smallest absolute Gasteiger partial charge is 0.229 e. The van der Waals surface area contributed by atoms with Gasteiger partial charge in [-0.05, 0) is 31.6 Å².